The zero-order chi connectivity index (χ0) is 17.8. The highest BCUT2D eigenvalue weighted by Crippen LogP contribution is 2.35. The van der Waals surface area contributed by atoms with Crippen LogP contribution < -0.4 is 0 Å². The Hall–Kier alpha value is -2.43. The zero-order valence-corrected chi connectivity index (χ0v) is 14.8. The summed E-state index contributed by atoms with van der Waals surface area (Å²) in [5, 5.41) is 0. The molecule has 1 unspecified atom stereocenters. The Kier molecular flexibility index (Phi) is 3.56. The average molecular weight is 338 g/mol. The van der Waals surface area contributed by atoms with Crippen molar-refractivity contribution in [2.24, 2.45) is 0 Å². The molecule has 0 saturated heterocycles. The monoisotopic (exact) mass is 338 g/mol. The molecule has 2 heterocycles. The SMILES string of the molecule is CC(C)(C)c1nc2c(o1)CCN(C(=O)C1CC(=O)c3ccccc31)C2. The molecule has 0 radical (unpaired) electrons. The lowest BCUT2D eigenvalue weighted by molar-refractivity contribution is -0.133. The summed E-state index contributed by atoms with van der Waals surface area (Å²) in [6.45, 7) is 7.26. The van der Waals surface area contributed by atoms with Crippen molar-refractivity contribution in [1.82, 2.24) is 9.88 Å². The highest BCUT2D eigenvalue weighted by Gasteiger charge is 2.38. The van der Waals surface area contributed by atoms with Crippen molar-refractivity contribution < 1.29 is 14.0 Å². The maximum absolute atomic E-state index is 13.0. The first kappa shape index (κ1) is 16.1. The van der Waals surface area contributed by atoms with E-state index in [9.17, 15) is 9.59 Å². The molecule has 0 N–H and O–H groups in total. The number of Topliss-reactive ketones (excluding diaryl/α,β-unsaturated/α-hetero) is 1. The number of nitrogens with zero attached hydrogens (tertiary/aromatic N) is 2. The van der Waals surface area contributed by atoms with Gasteiger partial charge in [-0.15, -0.1) is 0 Å². The first-order valence-electron chi connectivity index (χ1n) is 8.74. The largest absolute Gasteiger partial charge is 0.445 e. The van der Waals surface area contributed by atoms with Crippen LogP contribution in [0.3, 0.4) is 0 Å². The van der Waals surface area contributed by atoms with E-state index in [0.29, 0.717) is 31.0 Å². The normalized spacial score (nSPS) is 19.7. The van der Waals surface area contributed by atoms with Gasteiger partial charge in [0.15, 0.2) is 11.7 Å². The highest BCUT2D eigenvalue weighted by atomic mass is 16.4. The summed E-state index contributed by atoms with van der Waals surface area (Å²) in [5.74, 6) is 1.32. The van der Waals surface area contributed by atoms with E-state index < -0.39 is 0 Å². The number of carbonyl (C=O) groups excluding carboxylic acids is 2. The molecular weight excluding hydrogens is 316 g/mol. The summed E-state index contributed by atoms with van der Waals surface area (Å²) in [5.41, 5.74) is 2.25. The van der Waals surface area contributed by atoms with Crippen molar-refractivity contribution in [2.45, 2.75) is 51.5 Å². The lowest BCUT2D eigenvalue weighted by Crippen LogP contribution is -2.38. The van der Waals surface area contributed by atoms with Crippen molar-refractivity contribution >= 4 is 11.7 Å². The molecule has 5 heteroatoms. The van der Waals surface area contributed by atoms with Crippen LogP contribution in [-0.2, 0) is 23.2 Å². The predicted molar refractivity (Wildman–Crippen MR) is 92.5 cm³/mol. The topological polar surface area (TPSA) is 63.4 Å². The van der Waals surface area contributed by atoms with Crippen LogP contribution in [0, 0.1) is 0 Å². The van der Waals surface area contributed by atoms with E-state index in [4.69, 9.17) is 4.42 Å². The van der Waals surface area contributed by atoms with Gasteiger partial charge in [-0.25, -0.2) is 4.98 Å². The molecule has 1 aromatic carbocycles. The second-order valence-electron chi connectivity index (χ2n) is 7.92. The Balaban J connectivity index is 1.57. The highest BCUT2D eigenvalue weighted by molar-refractivity contribution is 6.06. The van der Waals surface area contributed by atoms with E-state index in [1.54, 1.807) is 0 Å². The minimum absolute atomic E-state index is 0.0178. The lowest BCUT2D eigenvalue weighted by Gasteiger charge is -2.28. The van der Waals surface area contributed by atoms with Crippen LogP contribution in [0.15, 0.2) is 28.7 Å². The third-order valence-corrected chi connectivity index (χ3v) is 5.01. The maximum Gasteiger partial charge on any atom is 0.230 e. The van der Waals surface area contributed by atoms with E-state index in [2.05, 4.69) is 25.8 Å². The summed E-state index contributed by atoms with van der Waals surface area (Å²) >= 11 is 0. The number of ketones is 1. The molecule has 130 valence electrons. The summed E-state index contributed by atoms with van der Waals surface area (Å²) in [7, 11) is 0. The van der Waals surface area contributed by atoms with E-state index in [-0.39, 0.29) is 29.4 Å². The standard InChI is InChI=1S/C20H22N2O3/c1-20(2,3)19-21-15-11-22(9-8-17(15)25-19)18(24)14-10-16(23)13-7-5-4-6-12(13)14/h4-7,14H,8-11H2,1-3H3. The number of benzene rings is 1. The first-order chi connectivity index (χ1) is 11.8. The quantitative estimate of drug-likeness (QED) is 0.801. The second-order valence-corrected chi connectivity index (χ2v) is 7.92. The summed E-state index contributed by atoms with van der Waals surface area (Å²) in [6, 6.07) is 7.44. The van der Waals surface area contributed by atoms with Crippen LogP contribution in [0.1, 0.15) is 66.4 Å². The molecule has 0 spiro atoms. The Morgan fingerprint density at radius 3 is 2.80 bits per heavy atom. The van der Waals surface area contributed by atoms with E-state index in [1.165, 1.54) is 0 Å². The summed E-state index contributed by atoms with van der Waals surface area (Å²) in [4.78, 5) is 31.6. The van der Waals surface area contributed by atoms with Gasteiger partial charge in [-0.1, -0.05) is 45.0 Å². The number of rotatable bonds is 1. The van der Waals surface area contributed by atoms with Crippen molar-refractivity contribution in [3.05, 3.63) is 52.7 Å². The number of hydrogen-bond acceptors (Lipinski definition) is 4. The number of fused-ring (bicyclic) bond motifs is 2. The third kappa shape index (κ3) is 2.68. The molecule has 1 atom stereocenters. The molecule has 1 aliphatic carbocycles. The molecule has 25 heavy (non-hydrogen) atoms. The van der Waals surface area contributed by atoms with Gasteiger partial charge in [0.25, 0.3) is 0 Å². The van der Waals surface area contributed by atoms with Gasteiger partial charge in [-0.3, -0.25) is 9.59 Å². The fourth-order valence-corrected chi connectivity index (χ4v) is 3.61. The van der Waals surface area contributed by atoms with Crippen LogP contribution in [0.25, 0.3) is 0 Å². The van der Waals surface area contributed by atoms with Crippen molar-refractivity contribution in [3.8, 4) is 0 Å². The van der Waals surface area contributed by atoms with Crippen molar-refractivity contribution in [2.75, 3.05) is 6.54 Å². The molecule has 0 saturated carbocycles. The molecule has 2 aliphatic rings. The third-order valence-electron chi connectivity index (χ3n) is 5.01. The molecule has 0 fully saturated rings. The number of amides is 1. The minimum atomic E-state index is -0.362. The number of hydrogen-bond donors (Lipinski definition) is 0. The molecule has 1 aliphatic heterocycles. The van der Waals surface area contributed by atoms with Crippen LogP contribution >= 0.6 is 0 Å². The smallest absolute Gasteiger partial charge is 0.230 e. The molecular formula is C20H22N2O3. The lowest BCUT2D eigenvalue weighted by atomic mass is 9.97. The van der Waals surface area contributed by atoms with E-state index in [1.807, 2.05) is 29.2 Å². The van der Waals surface area contributed by atoms with Gasteiger partial charge in [0, 0.05) is 30.4 Å². The van der Waals surface area contributed by atoms with Crippen molar-refractivity contribution in [3.63, 3.8) is 0 Å². The van der Waals surface area contributed by atoms with Gasteiger partial charge in [0.1, 0.15) is 11.5 Å². The Morgan fingerprint density at radius 1 is 1.28 bits per heavy atom. The fraction of sp³-hybridized carbons (Fsp3) is 0.450. The predicted octanol–water partition coefficient (Wildman–Crippen LogP) is 3.23. The molecule has 1 aromatic heterocycles. The Morgan fingerprint density at radius 2 is 2.04 bits per heavy atom. The average Bonchev–Trinajstić information content (AvgIpc) is 3.15. The van der Waals surface area contributed by atoms with Crippen molar-refractivity contribution in [1.29, 1.82) is 0 Å². The van der Waals surface area contributed by atoms with Crippen LogP contribution in [0.5, 0.6) is 0 Å². The fourth-order valence-electron chi connectivity index (χ4n) is 3.61. The van der Waals surface area contributed by atoms with Gasteiger partial charge in [-0.05, 0) is 5.56 Å². The van der Waals surface area contributed by atoms with Crippen LogP contribution in [0.4, 0.5) is 0 Å². The molecule has 5 nitrogen and oxygen atoms in total. The van der Waals surface area contributed by atoms with Gasteiger partial charge >= 0.3 is 0 Å². The number of oxazole rings is 1. The van der Waals surface area contributed by atoms with E-state index >= 15 is 0 Å². The van der Waals surface area contributed by atoms with Gasteiger partial charge in [-0.2, -0.15) is 0 Å². The Bertz CT molecular complexity index is 860. The Labute approximate surface area is 147 Å². The second kappa shape index (κ2) is 5.55. The maximum atomic E-state index is 13.0. The summed E-state index contributed by atoms with van der Waals surface area (Å²) < 4.78 is 5.89. The minimum Gasteiger partial charge on any atom is -0.445 e. The van der Waals surface area contributed by atoms with E-state index in [0.717, 1.165) is 17.0 Å². The molecule has 2 aromatic rings. The molecule has 4 rings (SSSR count). The first-order valence-corrected chi connectivity index (χ1v) is 8.74. The zero-order valence-electron chi connectivity index (χ0n) is 14.8. The van der Waals surface area contributed by atoms with Gasteiger partial charge in [0.05, 0.1) is 12.5 Å². The number of carbonyl (C=O) groups is 2. The van der Waals surface area contributed by atoms with Crippen LogP contribution in [-0.4, -0.2) is 28.1 Å². The van der Waals surface area contributed by atoms with Gasteiger partial charge < -0.3 is 9.32 Å². The van der Waals surface area contributed by atoms with Gasteiger partial charge in [0.2, 0.25) is 5.91 Å². The molecule has 1 amide bonds. The van der Waals surface area contributed by atoms with Crippen LogP contribution in [0.2, 0.25) is 0 Å². The summed E-state index contributed by atoms with van der Waals surface area (Å²) in [6.07, 6.45) is 0.945. The molecule has 0 bridgehead atoms. The number of aromatic nitrogens is 1.